The first-order valence-electron chi connectivity index (χ1n) is 7.58. The van der Waals surface area contributed by atoms with Crippen LogP contribution in [-0.2, 0) is 33.7 Å². The van der Waals surface area contributed by atoms with Gasteiger partial charge in [0.2, 0.25) is 0 Å². The molecule has 0 amide bonds. The van der Waals surface area contributed by atoms with Gasteiger partial charge < -0.3 is 14.6 Å². The van der Waals surface area contributed by atoms with Crippen molar-refractivity contribution in [3.05, 3.63) is 66.6 Å². The van der Waals surface area contributed by atoms with Crippen LogP contribution in [0, 0.1) is 6.92 Å². The maximum atomic E-state index is 11.8. The summed E-state index contributed by atoms with van der Waals surface area (Å²) >= 11 is 0. The second-order valence-corrected chi connectivity index (χ2v) is 5.47. The molecule has 0 fully saturated rings. The summed E-state index contributed by atoms with van der Waals surface area (Å²) in [5.74, 6) is -0.721. The number of esters is 1. The largest absolute Gasteiger partial charge is 0.599 e. The molecule has 0 saturated carbocycles. The molecule has 1 aliphatic carbocycles. The van der Waals surface area contributed by atoms with Crippen LogP contribution in [0.2, 0.25) is 0 Å². The SMILES string of the molecule is I.[CH2][C@H](N=C([O-])OCC1c2ccccc2-c2ccccc21)C(=O)OC.[Zn]. The van der Waals surface area contributed by atoms with Gasteiger partial charge in [0.1, 0.15) is 12.1 Å². The van der Waals surface area contributed by atoms with Gasteiger partial charge in [0.15, 0.2) is 0 Å². The van der Waals surface area contributed by atoms with E-state index in [4.69, 9.17) is 4.74 Å². The monoisotopic (exact) mass is 515 g/mol. The number of carbonyl (C=O) groups is 1. The standard InChI is InChI=1S/C19H18NO4.HI.Zn/c1-12(18(21)23-2)20-19(22)24-11-17-15-9-5-3-7-13(15)14-8-4-6-10-16(14)17;;/h3-10,12,17H,1,11H2,2H3,(H,20,22);1H;/p-1/t12-;;/m0../s1. The van der Waals surface area contributed by atoms with E-state index >= 15 is 0 Å². The summed E-state index contributed by atoms with van der Waals surface area (Å²) in [7, 11) is 1.22. The number of carbonyl (C=O) groups excluding carboxylic acids is 1. The topological polar surface area (TPSA) is 71.0 Å². The quantitative estimate of drug-likeness (QED) is 0.206. The number of benzene rings is 2. The van der Waals surface area contributed by atoms with E-state index in [0.29, 0.717) is 0 Å². The van der Waals surface area contributed by atoms with Crippen molar-refractivity contribution in [2.75, 3.05) is 13.7 Å². The predicted octanol–water partition coefficient (Wildman–Crippen LogP) is 2.52. The Labute approximate surface area is 182 Å². The Bertz CT molecular complexity index is 751. The van der Waals surface area contributed by atoms with E-state index in [0.717, 1.165) is 22.3 Å². The molecule has 1 atom stereocenters. The van der Waals surface area contributed by atoms with Gasteiger partial charge in [0.25, 0.3) is 0 Å². The van der Waals surface area contributed by atoms with Crippen molar-refractivity contribution in [2.24, 2.45) is 4.99 Å². The smallest absolute Gasteiger partial charge is 0.330 e. The fraction of sp³-hybridized carbons (Fsp3) is 0.211. The van der Waals surface area contributed by atoms with Gasteiger partial charge in [-0.15, -0.1) is 24.0 Å². The molecule has 2 aromatic carbocycles. The first-order chi connectivity index (χ1) is 11.6. The van der Waals surface area contributed by atoms with Crippen molar-refractivity contribution in [2.45, 2.75) is 12.0 Å². The zero-order valence-electron chi connectivity index (χ0n) is 14.4. The third-order valence-corrected chi connectivity index (χ3v) is 4.07. The molecule has 0 saturated heterocycles. The van der Waals surface area contributed by atoms with Crippen LogP contribution in [0.4, 0.5) is 0 Å². The van der Waals surface area contributed by atoms with Gasteiger partial charge in [-0.25, -0.2) is 4.79 Å². The minimum Gasteiger partial charge on any atom is -0.599 e. The second kappa shape index (κ2) is 10.0. The number of halogens is 1. The Morgan fingerprint density at radius 2 is 1.65 bits per heavy atom. The molecule has 0 aromatic heterocycles. The summed E-state index contributed by atoms with van der Waals surface area (Å²) in [4.78, 5) is 14.8. The van der Waals surface area contributed by atoms with Gasteiger partial charge >= 0.3 is 5.97 Å². The minimum absolute atomic E-state index is 0. The van der Waals surface area contributed by atoms with Crippen LogP contribution >= 0.6 is 24.0 Å². The molecule has 1 radical (unpaired) electrons. The average molecular weight is 517 g/mol. The normalized spacial score (nSPS) is 13.5. The van der Waals surface area contributed by atoms with E-state index in [-0.39, 0.29) is 56.0 Å². The van der Waals surface area contributed by atoms with Crippen molar-refractivity contribution in [3.63, 3.8) is 0 Å². The van der Waals surface area contributed by atoms with E-state index in [2.05, 4.69) is 28.8 Å². The van der Waals surface area contributed by atoms with E-state index in [1.54, 1.807) is 0 Å². The van der Waals surface area contributed by atoms with E-state index in [9.17, 15) is 9.90 Å². The number of rotatable bonds is 4. The van der Waals surface area contributed by atoms with Gasteiger partial charge in [-0.1, -0.05) is 48.5 Å². The number of nitrogens with zero attached hydrogens (tertiary/aromatic N) is 1. The van der Waals surface area contributed by atoms with Crippen LogP contribution in [0.1, 0.15) is 17.0 Å². The number of fused-ring (bicyclic) bond motifs is 3. The Hall–Kier alpha value is -1.47. The molecule has 2 aromatic rings. The maximum Gasteiger partial charge on any atom is 0.330 e. The molecule has 3 rings (SSSR count). The van der Waals surface area contributed by atoms with Crippen LogP contribution in [-0.4, -0.2) is 31.8 Å². The Kier molecular flexibility index (Phi) is 8.70. The number of methoxy groups -OCH3 is 1. The molecule has 26 heavy (non-hydrogen) atoms. The third-order valence-electron chi connectivity index (χ3n) is 4.07. The molecule has 0 bridgehead atoms. The summed E-state index contributed by atoms with van der Waals surface area (Å²) in [5, 5.41) is 11.8. The van der Waals surface area contributed by atoms with Gasteiger partial charge in [-0.2, -0.15) is 0 Å². The van der Waals surface area contributed by atoms with Crippen LogP contribution in [0.25, 0.3) is 11.1 Å². The first kappa shape index (κ1) is 22.6. The summed E-state index contributed by atoms with van der Waals surface area (Å²) < 4.78 is 9.73. The molecule has 0 heterocycles. The zero-order valence-corrected chi connectivity index (χ0v) is 19.7. The van der Waals surface area contributed by atoms with Gasteiger partial charge in [-0.05, 0) is 29.2 Å². The molecule has 0 N–H and O–H groups in total. The first-order valence-corrected chi connectivity index (χ1v) is 7.58. The Morgan fingerprint density at radius 3 is 2.15 bits per heavy atom. The van der Waals surface area contributed by atoms with Crippen molar-refractivity contribution in [1.29, 1.82) is 0 Å². The molecular weight excluding hydrogens is 499 g/mol. The summed E-state index contributed by atoms with van der Waals surface area (Å²) in [6, 6.07) is 15.0. The molecule has 0 spiro atoms. The fourth-order valence-electron chi connectivity index (χ4n) is 2.95. The van der Waals surface area contributed by atoms with Crippen molar-refractivity contribution < 1.29 is 38.9 Å². The number of hydrogen-bond donors (Lipinski definition) is 0. The summed E-state index contributed by atoms with van der Waals surface area (Å²) in [6.45, 7) is 3.62. The minimum atomic E-state index is -1.12. The van der Waals surface area contributed by atoms with Crippen LogP contribution in [0.15, 0.2) is 53.5 Å². The van der Waals surface area contributed by atoms with Crippen LogP contribution < -0.4 is 5.11 Å². The van der Waals surface area contributed by atoms with Gasteiger partial charge in [0.05, 0.1) is 7.11 Å². The van der Waals surface area contributed by atoms with E-state index in [1.165, 1.54) is 7.11 Å². The molecule has 7 heteroatoms. The number of hydrogen-bond acceptors (Lipinski definition) is 5. The van der Waals surface area contributed by atoms with E-state index in [1.807, 2.05) is 36.4 Å². The van der Waals surface area contributed by atoms with Gasteiger partial charge in [0, 0.05) is 32.0 Å². The van der Waals surface area contributed by atoms with Gasteiger partial charge in [-0.3, -0.25) is 4.99 Å². The Balaban J connectivity index is 0.00000169. The van der Waals surface area contributed by atoms with Crippen LogP contribution in [0.5, 0.6) is 0 Å². The van der Waals surface area contributed by atoms with Crippen molar-refractivity contribution in [1.82, 2.24) is 0 Å². The number of aliphatic imine (C=N–C) groups is 1. The third kappa shape index (κ3) is 4.62. The van der Waals surface area contributed by atoms with E-state index < -0.39 is 18.1 Å². The second-order valence-electron chi connectivity index (χ2n) is 5.47. The molecule has 5 nitrogen and oxygen atoms in total. The zero-order chi connectivity index (χ0) is 17.1. The average Bonchev–Trinajstić information content (AvgIpc) is 2.93. The number of ether oxygens (including phenoxy) is 2. The molecular formula is C19H18INO4Zn-. The Morgan fingerprint density at radius 1 is 1.15 bits per heavy atom. The molecule has 1 aliphatic rings. The summed E-state index contributed by atoms with van der Waals surface area (Å²) in [6.07, 6.45) is -0.817. The van der Waals surface area contributed by atoms with Crippen molar-refractivity contribution >= 4 is 36.0 Å². The fourth-order valence-corrected chi connectivity index (χ4v) is 2.95. The molecule has 133 valence electrons. The predicted molar refractivity (Wildman–Crippen MR) is 104 cm³/mol. The molecule has 0 aliphatic heterocycles. The van der Waals surface area contributed by atoms with Crippen molar-refractivity contribution in [3.8, 4) is 11.1 Å². The maximum absolute atomic E-state index is 11.8. The summed E-state index contributed by atoms with van der Waals surface area (Å²) in [5.41, 5.74) is 4.53. The molecule has 0 unspecified atom stereocenters. The van der Waals surface area contributed by atoms with Crippen LogP contribution in [0.3, 0.4) is 0 Å².